The Labute approximate surface area is 194 Å². The summed E-state index contributed by atoms with van der Waals surface area (Å²) < 4.78 is 27.3. The van der Waals surface area contributed by atoms with Gasteiger partial charge in [-0.3, -0.25) is 4.79 Å². The summed E-state index contributed by atoms with van der Waals surface area (Å²) in [6, 6.07) is 8.32. The molecule has 0 aliphatic carbocycles. The van der Waals surface area contributed by atoms with Crippen molar-refractivity contribution in [2.75, 3.05) is 6.54 Å². The first kappa shape index (κ1) is 23.8. The van der Waals surface area contributed by atoms with E-state index in [1.165, 1.54) is 18.2 Å². The molecule has 0 spiro atoms. The van der Waals surface area contributed by atoms with Crippen LogP contribution in [0.15, 0.2) is 47.4 Å². The molecule has 1 aliphatic heterocycles. The smallest absolute Gasteiger partial charge is 0.326 e. The van der Waals surface area contributed by atoms with Gasteiger partial charge in [-0.15, -0.1) is 0 Å². The normalized spacial score (nSPS) is 18.0. The Balaban J connectivity index is 1.81. The minimum Gasteiger partial charge on any atom is -0.480 e. The Bertz CT molecular complexity index is 1090. The van der Waals surface area contributed by atoms with Crippen LogP contribution in [0.1, 0.15) is 18.4 Å². The van der Waals surface area contributed by atoms with E-state index in [0.717, 1.165) is 4.31 Å². The lowest BCUT2D eigenvalue weighted by Gasteiger charge is -2.25. The number of nitrogens with one attached hydrogen (secondary N) is 1. The molecular weight excluding hydrogens is 487 g/mol. The zero-order chi connectivity index (χ0) is 22.8. The standard InChI is InChI=1S/C20H19Cl3N2O5S/c21-13-9-14(22)11-15(10-13)31(29,30)25-7-3-6-18(25)19(26)24-17(20(27)28)8-12-4-1-2-5-16(12)23/h1-2,4-5,9-11,17-18H,3,6-8H2,(H,24,26)(H,27,28)/t17-,18-/m0/s1. The summed E-state index contributed by atoms with van der Waals surface area (Å²) in [5.41, 5.74) is 0.557. The molecule has 2 atom stereocenters. The summed E-state index contributed by atoms with van der Waals surface area (Å²) in [4.78, 5) is 24.5. The Hall–Kier alpha value is -1.84. The van der Waals surface area contributed by atoms with Crippen LogP contribution in [0, 0.1) is 0 Å². The summed E-state index contributed by atoms with van der Waals surface area (Å²) in [6.07, 6.45) is 0.676. The van der Waals surface area contributed by atoms with Crippen LogP contribution < -0.4 is 5.32 Å². The van der Waals surface area contributed by atoms with Crippen LogP contribution >= 0.6 is 34.8 Å². The maximum Gasteiger partial charge on any atom is 0.326 e. The van der Waals surface area contributed by atoms with Gasteiger partial charge >= 0.3 is 5.97 Å². The number of carboxylic acid groups (broad SMARTS) is 1. The zero-order valence-electron chi connectivity index (χ0n) is 16.1. The summed E-state index contributed by atoms with van der Waals surface area (Å²) in [5, 5.41) is 12.7. The fraction of sp³-hybridized carbons (Fsp3) is 0.300. The second-order valence-corrected chi connectivity index (χ2v) is 10.2. The molecular formula is C20H19Cl3N2O5S. The topological polar surface area (TPSA) is 104 Å². The molecule has 0 saturated carbocycles. The second-order valence-electron chi connectivity index (χ2n) is 7.07. The Morgan fingerprint density at radius 2 is 1.77 bits per heavy atom. The highest BCUT2D eigenvalue weighted by Crippen LogP contribution is 2.30. The summed E-state index contributed by atoms with van der Waals surface area (Å²) in [5.74, 6) is -1.93. The van der Waals surface area contributed by atoms with Crippen molar-refractivity contribution in [3.05, 3.63) is 63.1 Å². The van der Waals surface area contributed by atoms with Crippen molar-refractivity contribution in [3.8, 4) is 0 Å². The van der Waals surface area contributed by atoms with Crippen LogP contribution in [0.4, 0.5) is 0 Å². The van der Waals surface area contributed by atoms with Crippen LogP contribution in [0.2, 0.25) is 15.1 Å². The van der Waals surface area contributed by atoms with Gasteiger partial charge in [-0.1, -0.05) is 53.0 Å². The molecule has 166 valence electrons. The van der Waals surface area contributed by atoms with Crippen molar-refractivity contribution in [3.63, 3.8) is 0 Å². The first-order chi connectivity index (χ1) is 14.6. The molecule has 1 aliphatic rings. The summed E-state index contributed by atoms with van der Waals surface area (Å²) in [6.45, 7) is 0.118. The molecule has 0 aromatic heterocycles. The molecule has 2 aromatic carbocycles. The number of carbonyl (C=O) groups is 2. The lowest BCUT2D eigenvalue weighted by molar-refractivity contribution is -0.142. The molecule has 11 heteroatoms. The Kier molecular flexibility index (Phi) is 7.49. The van der Waals surface area contributed by atoms with Crippen molar-refractivity contribution in [2.45, 2.75) is 36.2 Å². The molecule has 1 fully saturated rings. The summed E-state index contributed by atoms with van der Waals surface area (Å²) in [7, 11) is -4.06. The molecule has 1 saturated heterocycles. The third-order valence-corrected chi connectivity index (χ3v) is 7.64. The molecule has 0 bridgehead atoms. The molecule has 3 rings (SSSR count). The molecule has 2 aromatic rings. The number of hydrogen-bond acceptors (Lipinski definition) is 4. The quantitative estimate of drug-likeness (QED) is 0.598. The largest absolute Gasteiger partial charge is 0.480 e. The van der Waals surface area contributed by atoms with E-state index in [4.69, 9.17) is 34.8 Å². The molecule has 0 radical (unpaired) electrons. The van der Waals surface area contributed by atoms with E-state index in [1.54, 1.807) is 24.3 Å². The minimum absolute atomic E-state index is 0.0376. The molecule has 0 unspecified atom stereocenters. The number of hydrogen-bond donors (Lipinski definition) is 2. The number of amides is 1. The van der Waals surface area contributed by atoms with Gasteiger partial charge in [-0.25, -0.2) is 13.2 Å². The van der Waals surface area contributed by atoms with E-state index in [0.29, 0.717) is 17.0 Å². The average Bonchev–Trinajstić information content (AvgIpc) is 3.19. The van der Waals surface area contributed by atoms with E-state index in [2.05, 4.69) is 5.32 Å². The number of sulfonamides is 1. The third kappa shape index (κ3) is 5.51. The maximum absolute atomic E-state index is 13.1. The van der Waals surface area contributed by atoms with Crippen molar-refractivity contribution < 1.29 is 23.1 Å². The fourth-order valence-corrected chi connectivity index (χ4v) is 6.05. The van der Waals surface area contributed by atoms with Gasteiger partial charge in [-0.05, 0) is 42.7 Å². The van der Waals surface area contributed by atoms with E-state index < -0.39 is 34.0 Å². The minimum atomic E-state index is -4.06. The molecule has 1 heterocycles. The number of carboxylic acids is 1. The van der Waals surface area contributed by atoms with Gasteiger partial charge in [0, 0.05) is 28.0 Å². The zero-order valence-corrected chi connectivity index (χ0v) is 19.2. The second kappa shape index (κ2) is 9.75. The number of carbonyl (C=O) groups excluding carboxylic acids is 1. The van der Waals surface area contributed by atoms with Gasteiger partial charge in [0.05, 0.1) is 4.90 Å². The van der Waals surface area contributed by atoms with Crippen molar-refractivity contribution in [1.29, 1.82) is 0 Å². The lowest BCUT2D eigenvalue weighted by atomic mass is 10.1. The van der Waals surface area contributed by atoms with E-state index in [9.17, 15) is 23.1 Å². The van der Waals surface area contributed by atoms with Crippen LogP contribution in [0.5, 0.6) is 0 Å². The predicted octanol–water partition coefficient (Wildman–Crippen LogP) is 3.61. The molecule has 2 N–H and O–H groups in total. The maximum atomic E-state index is 13.1. The first-order valence-electron chi connectivity index (χ1n) is 9.34. The first-order valence-corrected chi connectivity index (χ1v) is 11.9. The lowest BCUT2D eigenvalue weighted by Crippen LogP contribution is -2.51. The number of rotatable bonds is 7. The number of aliphatic carboxylic acids is 1. The van der Waals surface area contributed by atoms with Crippen LogP contribution in [0.25, 0.3) is 0 Å². The SMILES string of the molecule is O=C(O)[C@H](Cc1ccccc1Cl)NC(=O)[C@@H]1CCCN1S(=O)(=O)c1cc(Cl)cc(Cl)c1. The van der Waals surface area contributed by atoms with E-state index in [1.807, 2.05) is 0 Å². The average molecular weight is 506 g/mol. The molecule has 7 nitrogen and oxygen atoms in total. The highest BCUT2D eigenvalue weighted by atomic mass is 35.5. The van der Waals surface area contributed by atoms with Gasteiger partial charge < -0.3 is 10.4 Å². The van der Waals surface area contributed by atoms with Gasteiger partial charge in [-0.2, -0.15) is 4.31 Å². The van der Waals surface area contributed by atoms with Crippen LogP contribution in [-0.4, -0.2) is 48.3 Å². The van der Waals surface area contributed by atoms with Gasteiger partial charge in [0.15, 0.2) is 0 Å². The number of benzene rings is 2. The Morgan fingerprint density at radius 1 is 1.13 bits per heavy atom. The highest BCUT2D eigenvalue weighted by molar-refractivity contribution is 7.89. The van der Waals surface area contributed by atoms with Gasteiger partial charge in [0.1, 0.15) is 12.1 Å². The summed E-state index contributed by atoms with van der Waals surface area (Å²) >= 11 is 18.0. The Morgan fingerprint density at radius 3 is 2.39 bits per heavy atom. The molecule has 31 heavy (non-hydrogen) atoms. The third-order valence-electron chi connectivity index (χ3n) is 4.95. The van der Waals surface area contributed by atoms with Crippen LogP contribution in [-0.2, 0) is 26.0 Å². The van der Waals surface area contributed by atoms with E-state index >= 15 is 0 Å². The van der Waals surface area contributed by atoms with Crippen molar-refractivity contribution in [1.82, 2.24) is 9.62 Å². The number of nitrogens with zero attached hydrogens (tertiary/aromatic N) is 1. The highest BCUT2D eigenvalue weighted by Gasteiger charge is 2.40. The predicted molar refractivity (Wildman–Crippen MR) is 118 cm³/mol. The van der Waals surface area contributed by atoms with Crippen molar-refractivity contribution in [2.24, 2.45) is 0 Å². The monoisotopic (exact) mass is 504 g/mol. The van der Waals surface area contributed by atoms with E-state index in [-0.39, 0.29) is 34.3 Å². The van der Waals surface area contributed by atoms with Gasteiger partial charge in [0.2, 0.25) is 15.9 Å². The van der Waals surface area contributed by atoms with Gasteiger partial charge in [0.25, 0.3) is 0 Å². The molecule has 1 amide bonds. The van der Waals surface area contributed by atoms with Crippen LogP contribution in [0.3, 0.4) is 0 Å². The van der Waals surface area contributed by atoms with Crippen molar-refractivity contribution >= 4 is 56.7 Å². The fourth-order valence-electron chi connectivity index (χ4n) is 3.45. The number of halogens is 3.